The van der Waals surface area contributed by atoms with Crippen molar-refractivity contribution in [3.8, 4) is 22.6 Å². The number of benzene rings is 1. The molecule has 178 valence electrons. The molecule has 2 N–H and O–H groups in total. The summed E-state index contributed by atoms with van der Waals surface area (Å²) in [5.41, 5.74) is 4.67. The highest BCUT2D eigenvalue weighted by molar-refractivity contribution is 6.33. The Hall–Kier alpha value is -3.55. The average molecular weight is 486 g/mol. The van der Waals surface area contributed by atoms with Gasteiger partial charge in [-0.3, -0.25) is 4.98 Å². The van der Waals surface area contributed by atoms with Crippen LogP contribution in [0.5, 0.6) is 0 Å². The monoisotopic (exact) mass is 485 g/mol. The highest BCUT2D eigenvalue weighted by Gasteiger charge is 2.24. The van der Waals surface area contributed by atoms with Gasteiger partial charge < -0.3 is 15.2 Å². The Bertz CT molecular complexity index is 1400. The maximum atomic E-state index is 6.46. The maximum Gasteiger partial charge on any atom is 0.162 e. The van der Waals surface area contributed by atoms with Gasteiger partial charge in [0.05, 0.1) is 0 Å². The van der Waals surface area contributed by atoms with Gasteiger partial charge >= 0.3 is 0 Å². The molecule has 1 saturated carbocycles. The third-order valence-electron chi connectivity index (χ3n) is 6.16. The molecule has 1 fully saturated rings. The molecule has 3 aromatic heterocycles. The van der Waals surface area contributed by atoms with Gasteiger partial charge in [-0.25, -0.2) is 15.0 Å². The highest BCUT2D eigenvalue weighted by atomic mass is 35.5. The molecule has 8 heteroatoms. The first-order valence-corrected chi connectivity index (χ1v) is 12.2. The van der Waals surface area contributed by atoms with E-state index in [1.165, 1.54) is 18.4 Å². The predicted molar refractivity (Wildman–Crippen MR) is 142 cm³/mol. The molecular weight excluding hydrogens is 458 g/mol. The summed E-state index contributed by atoms with van der Waals surface area (Å²) < 4.78 is 0. The van der Waals surface area contributed by atoms with Crippen molar-refractivity contribution in [3.05, 3.63) is 77.8 Å². The molecule has 0 bridgehead atoms. The second-order valence-corrected chi connectivity index (χ2v) is 9.13. The summed E-state index contributed by atoms with van der Waals surface area (Å²) in [4.78, 5) is 24.4. The van der Waals surface area contributed by atoms with Crippen LogP contribution >= 0.6 is 11.6 Å². The molecule has 1 aliphatic carbocycles. The van der Waals surface area contributed by atoms with Gasteiger partial charge in [-0.15, -0.1) is 0 Å². The molecule has 1 aromatic carbocycles. The number of fused-ring (bicyclic) bond motifs is 1. The van der Waals surface area contributed by atoms with Gasteiger partial charge in [-0.1, -0.05) is 29.8 Å². The number of likely N-dealkylation sites (N-methyl/N-ethyl adjacent to an activating group) is 2. The summed E-state index contributed by atoms with van der Waals surface area (Å²) in [6, 6.07) is 13.9. The summed E-state index contributed by atoms with van der Waals surface area (Å²) in [5.74, 6) is 2.01. The maximum absolute atomic E-state index is 6.46. The minimum atomic E-state index is 0.547. The molecular formula is C27H28ClN7. The minimum Gasteiger partial charge on any atom is -0.358 e. The first-order valence-electron chi connectivity index (χ1n) is 11.8. The second kappa shape index (κ2) is 10.4. The molecule has 7 nitrogen and oxygen atoms in total. The molecule has 0 atom stereocenters. The van der Waals surface area contributed by atoms with Gasteiger partial charge in [0.1, 0.15) is 11.5 Å². The SMILES string of the molecule is CNCCN(C)c1cc(C2CC2)cnccnc(-c2ccnc3[nH]c(-c4ccccc4Cl)cc23)n1. The first kappa shape index (κ1) is 23.2. The van der Waals surface area contributed by atoms with Crippen LogP contribution in [0.25, 0.3) is 33.7 Å². The molecule has 0 aliphatic heterocycles. The fraction of sp³-hybridized carbons (Fsp3) is 0.259. The van der Waals surface area contributed by atoms with Crippen molar-refractivity contribution in [1.29, 1.82) is 0 Å². The molecule has 0 unspecified atom stereocenters. The second-order valence-electron chi connectivity index (χ2n) is 8.73. The van der Waals surface area contributed by atoms with Crippen LogP contribution < -0.4 is 10.2 Å². The molecule has 5 rings (SSSR count). The Morgan fingerprint density at radius 1 is 1.06 bits per heavy atom. The van der Waals surface area contributed by atoms with E-state index in [2.05, 4.69) is 44.3 Å². The van der Waals surface area contributed by atoms with Crippen molar-refractivity contribution < 1.29 is 0 Å². The summed E-state index contributed by atoms with van der Waals surface area (Å²) in [7, 11) is 4.01. The van der Waals surface area contributed by atoms with Crippen LogP contribution in [-0.2, 0) is 0 Å². The number of nitrogens with one attached hydrogen (secondary N) is 2. The number of aromatic nitrogens is 5. The predicted octanol–water partition coefficient (Wildman–Crippen LogP) is 5.39. The van der Waals surface area contributed by atoms with E-state index in [9.17, 15) is 0 Å². The molecule has 1 aliphatic rings. The van der Waals surface area contributed by atoms with Gasteiger partial charge in [0, 0.05) is 72.2 Å². The van der Waals surface area contributed by atoms with Crippen LogP contribution in [0.1, 0.15) is 24.3 Å². The van der Waals surface area contributed by atoms with Gasteiger partial charge in [0.2, 0.25) is 0 Å². The molecule has 4 aromatic rings. The van der Waals surface area contributed by atoms with Gasteiger partial charge in [-0.2, -0.15) is 0 Å². The summed E-state index contributed by atoms with van der Waals surface area (Å²) in [5, 5.41) is 4.83. The Balaban J connectivity index is 1.68. The summed E-state index contributed by atoms with van der Waals surface area (Å²) in [6.45, 7) is 1.66. The van der Waals surface area contributed by atoms with Gasteiger partial charge in [0.15, 0.2) is 5.82 Å². The molecule has 0 saturated heterocycles. The number of hydrogen-bond donors (Lipinski definition) is 2. The molecule has 0 amide bonds. The van der Waals surface area contributed by atoms with Gasteiger partial charge in [0.25, 0.3) is 0 Å². The molecule has 3 heterocycles. The van der Waals surface area contributed by atoms with E-state index in [1.807, 2.05) is 43.6 Å². The number of hydrogen-bond acceptors (Lipinski definition) is 6. The Labute approximate surface area is 210 Å². The quantitative estimate of drug-likeness (QED) is 0.365. The lowest BCUT2D eigenvalue weighted by Crippen LogP contribution is -2.27. The minimum absolute atomic E-state index is 0.547. The van der Waals surface area contributed by atoms with E-state index in [0.29, 0.717) is 16.8 Å². The summed E-state index contributed by atoms with van der Waals surface area (Å²) >= 11 is 6.46. The number of nitrogens with zero attached hydrogens (tertiary/aromatic N) is 5. The molecule has 0 spiro atoms. The van der Waals surface area contributed by atoms with Crippen LogP contribution in [0.15, 0.2) is 67.3 Å². The van der Waals surface area contributed by atoms with E-state index in [0.717, 1.165) is 46.8 Å². The third kappa shape index (κ3) is 5.26. The van der Waals surface area contributed by atoms with Crippen molar-refractivity contribution in [2.24, 2.45) is 0 Å². The Morgan fingerprint density at radius 3 is 2.71 bits per heavy atom. The molecule has 35 heavy (non-hydrogen) atoms. The Kier molecular flexibility index (Phi) is 6.88. The van der Waals surface area contributed by atoms with E-state index < -0.39 is 0 Å². The summed E-state index contributed by atoms with van der Waals surface area (Å²) in [6.07, 6.45) is 9.50. The van der Waals surface area contributed by atoms with Crippen molar-refractivity contribution >= 4 is 28.5 Å². The van der Waals surface area contributed by atoms with Crippen LogP contribution in [0, 0.1) is 0 Å². The number of H-pyrrole nitrogens is 1. The lowest BCUT2D eigenvalue weighted by atomic mass is 10.1. The standard InChI is InChI=1S/C27H28ClN7/c1-29-13-14-35(2)25-15-19(18-7-8-18)17-30-11-12-32-26(34-25)20-9-10-31-27-22(20)16-24(33-27)21-5-3-4-6-23(21)28/h3-6,9-12,15-18,29H,7-8,13-14H2,1-2H3,(H,31,33). The number of rotatable bonds is 7. The van der Waals surface area contributed by atoms with Crippen LogP contribution in [0.2, 0.25) is 5.02 Å². The third-order valence-corrected chi connectivity index (χ3v) is 6.49. The van der Waals surface area contributed by atoms with E-state index in [-0.39, 0.29) is 0 Å². The largest absolute Gasteiger partial charge is 0.358 e. The normalized spacial score (nSPS) is 13.0. The zero-order chi connectivity index (χ0) is 24.2. The number of halogens is 1. The topological polar surface area (TPSA) is 82.6 Å². The van der Waals surface area contributed by atoms with Crippen LogP contribution in [0.3, 0.4) is 0 Å². The first-order chi connectivity index (χ1) is 17.1. The number of aromatic amines is 1. The van der Waals surface area contributed by atoms with E-state index >= 15 is 0 Å². The smallest absolute Gasteiger partial charge is 0.162 e. The van der Waals surface area contributed by atoms with Crippen molar-refractivity contribution in [3.63, 3.8) is 0 Å². The van der Waals surface area contributed by atoms with Crippen molar-refractivity contribution in [2.75, 3.05) is 32.1 Å². The van der Waals surface area contributed by atoms with E-state index in [1.54, 1.807) is 18.6 Å². The zero-order valence-corrected chi connectivity index (χ0v) is 20.6. The van der Waals surface area contributed by atoms with Crippen LogP contribution in [0.4, 0.5) is 5.82 Å². The van der Waals surface area contributed by atoms with Crippen molar-refractivity contribution in [2.45, 2.75) is 18.8 Å². The van der Waals surface area contributed by atoms with Crippen LogP contribution in [-0.4, -0.2) is 52.1 Å². The number of anilines is 1. The average Bonchev–Trinajstić information content (AvgIpc) is 3.63. The van der Waals surface area contributed by atoms with Crippen molar-refractivity contribution in [1.82, 2.24) is 30.2 Å². The lowest BCUT2D eigenvalue weighted by Gasteiger charge is -2.18. The highest BCUT2D eigenvalue weighted by Crippen LogP contribution is 2.40. The number of pyridine rings is 1. The van der Waals surface area contributed by atoms with Gasteiger partial charge in [-0.05, 0) is 55.6 Å². The Morgan fingerprint density at radius 2 is 1.91 bits per heavy atom. The molecule has 0 radical (unpaired) electrons. The fourth-order valence-electron chi connectivity index (χ4n) is 4.03. The fourth-order valence-corrected chi connectivity index (χ4v) is 4.27. The van der Waals surface area contributed by atoms with E-state index in [4.69, 9.17) is 21.6 Å². The lowest BCUT2D eigenvalue weighted by molar-refractivity contribution is 0.761. The zero-order valence-electron chi connectivity index (χ0n) is 19.9.